The number of fused-ring (bicyclic) bond motifs is 1. The standard InChI is InChI=1S/C30H40F6O3/c1-20(8-7-17-28(38,29(31,32)33)30(34,35)36)26-15-14-24-18-22(9-4-5-16-27(24,26)3)12-13-23-10-6-11-25(19-23)39-21(2)37/h7,12-13,15,17,20,24-25,38H,4-6,8-11,14,16,18-19H2,1-3H3/b17-7-,22-12+,23-13-/t20-,24?,25+,27+/m1/s1. The highest BCUT2D eigenvalue weighted by Crippen LogP contribution is 2.54. The van der Waals surface area contributed by atoms with E-state index < -0.39 is 18.0 Å². The average Bonchev–Trinajstić information content (AvgIpc) is 3.11. The summed E-state index contributed by atoms with van der Waals surface area (Å²) in [6.07, 6.45) is 4.56. The fourth-order valence-electron chi connectivity index (χ4n) is 6.53. The Labute approximate surface area is 227 Å². The third-order valence-electron chi connectivity index (χ3n) is 8.78. The third-order valence-corrected chi connectivity index (χ3v) is 8.78. The number of carbonyl (C=O) groups excluding carboxylic acids is 1. The first kappa shape index (κ1) is 31.5. The van der Waals surface area contributed by atoms with Crippen molar-refractivity contribution in [2.75, 3.05) is 0 Å². The van der Waals surface area contributed by atoms with Crippen LogP contribution in [-0.4, -0.2) is 35.1 Å². The Bertz CT molecular complexity index is 989. The smallest absolute Gasteiger partial charge is 0.429 e. The summed E-state index contributed by atoms with van der Waals surface area (Å²) in [5, 5.41) is 9.41. The van der Waals surface area contributed by atoms with Gasteiger partial charge < -0.3 is 9.84 Å². The molecular weight excluding hydrogens is 522 g/mol. The van der Waals surface area contributed by atoms with E-state index >= 15 is 0 Å². The Balaban J connectivity index is 1.69. The Morgan fingerprint density at radius 2 is 1.69 bits per heavy atom. The van der Waals surface area contributed by atoms with Gasteiger partial charge in [-0.05, 0) is 81.1 Å². The van der Waals surface area contributed by atoms with Crippen molar-refractivity contribution in [1.29, 1.82) is 0 Å². The van der Waals surface area contributed by atoms with Gasteiger partial charge in [0.25, 0.3) is 5.60 Å². The van der Waals surface area contributed by atoms with E-state index in [9.17, 15) is 36.2 Å². The monoisotopic (exact) mass is 562 g/mol. The quantitative estimate of drug-likeness (QED) is 0.200. The van der Waals surface area contributed by atoms with Gasteiger partial charge in [-0.1, -0.05) is 61.3 Å². The van der Waals surface area contributed by atoms with Gasteiger partial charge in [-0.25, -0.2) is 0 Å². The van der Waals surface area contributed by atoms with Crippen LogP contribution in [0.2, 0.25) is 0 Å². The topological polar surface area (TPSA) is 46.5 Å². The summed E-state index contributed by atoms with van der Waals surface area (Å²) < 4.78 is 83.5. The van der Waals surface area contributed by atoms with Crippen LogP contribution in [0.1, 0.15) is 91.4 Å². The fourth-order valence-corrected chi connectivity index (χ4v) is 6.53. The Morgan fingerprint density at radius 1 is 1.08 bits per heavy atom. The number of alkyl halides is 6. The van der Waals surface area contributed by atoms with Gasteiger partial charge in [0.1, 0.15) is 6.10 Å². The van der Waals surface area contributed by atoms with Crippen molar-refractivity contribution in [3.63, 3.8) is 0 Å². The fraction of sp³-hybridized carbons (Fsp3) is 0.700. The van der Waals surface area contributed by atoms with E-state index in [2.05, 4.69) is 25.2 Å². The summed E-state index contributed by atoms with van der Waals surface area (Å²) in [5.74, 6) is -0.202. The molecule has 0 aliphatic heterocycles. The average molecular weight is 563 g/mol. The maximum absolute atomic E-state index is 13.0. The molecule has 3 rings (SSSR count). The lowest BCUT2D eigenvalue weighted by atomic mass is 9.65. The van der Waals surface area contributed by atoms with E-state index in [1.165, 1.54) is 18.1 Å². The normalized spacial score (nSPS) is 30.2. The van der Waals surface area contributed by atoms with Gasteiger partial charge in [-0.2, -0.15) is 26.3 Å². The molecule has 3 nitrogen and oxygen atoms in total. The molecule has 0 aromatic rings. The summed E-state index contributed by atoms with van der Waals surface area (Å²) in [7, 11) is 0. The minimum Gasteiger partial charge on any atom is -0.462 e. The van der Waals surface area contributed by atoms with Crippen molar-refractivity contribution in [3.8, 4) is 0 Å². The van der Waals surface area contributed by atoms with Crippen LogP contribution in [0.15, 0.2) is 47.1 Å². The first-order chi connectivity index (χ1) is 18.1. The minimum absolute atomic E-state index is 0.0269. The van der Waals surface area contributed by atoms with E-state index in [0.717, 1.165) is 75.9 Å². The van der Waals surface area contributed by atoms with Crippen LogP contribution < -0.4 is 0 Å². The van der Waals surface area contributed by atoms with Crippen molar-refractivity contribution in [2.24, 2.45) is 17.3 Å². The molecule has 0 aromatic heterocycles. The Hall–Kier alpha value is -2.03. The van der Waals surface area contributed by atoms with Crippen LogP contribution in [0, 0.1) is 17.3 Å². The number of ether oxygens (including phenoxy) is 1. The summed E-state index contributed by atoms with van der Waals surface area (Å²) in [5.41, 5.74) is -1.35. The summed E-state index contributed by atoms with van der Waals surface area (Å²) >= 11 is 0. The van der Waals surface area contributed by atoms with Crippen LogP contribution in [0.3, 0.4) is 0 Å². The van der Waals surface area contributed by atoms with Crippen LogP contribution in [0.5, 0.6) is 0 Å². The molecule has 0 aromatic carbocycles. The lowest BCUT2D eigenvalue weighted by Crippen LogP contribution is -2.55. The molecule has 1 N–H and O–H groups in total. The summed E-state index contributed by atoms with van der Waals surface area (Å²) in [6, 6.07) is 0. The van der Waals surface area contributed by atoms with Crippen molar-refractivity contribution in [2.45, 2.75) is 115 Å². The zero-order valence-electron chi connectivity index (χ0n) is 22.9. The molecular formula is C30H40F6O3. The van der Waals surface area contributed by atoms with Crippen molar-refractivity contribution in [1.82, 2.24) is 0 Å². The number of hydrogen-bond donors (Lipinski definition) is 1. The zero-order chi connectivity index (χ0) is 29.1. The first-order valence-corrected chi connectivity index (χ1v) is 13.9. The van der Waals surface area contributed by atoms with Gasteiger partial charge in [0.15, 0.2) is 0 Å². The second-order valence-corrected chi connectivity index (χ2v) is 11.7. The van der Waals surface area contributed by atoms with Crippen molar-refractivity contribution >= 4 is 5.97 Å². The van der Waals surface area contributed by atoms with Crippen LogP contribution in [0.4, 0.5) is 26.3 Å². The highest BCUT2D eigenvalue weighted by molar-refractivity contribution is 5.66. The second kappa shape index (κ2) is 12.2. The molecule has 9 heteroatoms. The minimum atomic E-state index is -5.86. The molecule has 0 saturated heterocycles. The van der Waals surface area contributed by atoms with Crippen LogP contribution in [-0.2, 0) is 9.53 Å². The number of allylic oxidation sites excluding steroid dienone is 6. The van der Waals surface area contributed by atoms with Gasteiger partial charge in [-0.3, -0.25) is 4.79 Å². The second-order valence-electron chi connectivity index (χ2n) is 11.7. The Morgan fingerprint density at radius 3 is 2.31 bits per heavy atom. The van der Waals surface area contributed by atoms with E-state index in [1.54, 1.807) is 0 Å². The molecule has 0 spiro atoms. The summed E-state index contributed by atoms with van der Waals surface area (Å²) in [4.78, 5) is 11.3. The maximum Gasteiger partial charge on any atom is 0.429 e. The summed E-state index contributed by atoms with van der Waals surface area (Å²) in [6.45, 7) is 5.43. The molecule has 3 aliphatic rings. The van der Waals surface area contributed by atoms with Gasteiger partial charge in [0.2, 0.25) is 0 Å². The van der Waals surface area contributed by atoms with E-state index in [4.69, 9.17) is 4.74 Å². The SMILES string of the molecule is CC(=O)O[C@H]1CCC/C(=C/C=C2\CCCC[C@]3(C)C([C@H](C)C/C=C\C(O)(C(F)(F)F)C(F)(F)F)=CCC3C2)C1. The number of esters is 1. The number of carbonyl (C=O) groups is 1. The molecule has 2 fully saturated rings. The highest BCUT2D eigenvalue weighted by atomic mass is 19.4. The number of rotatable bonds is 6. The van der Waals surface area contributed by atoms with E-state index in [-0.39, 0.29) is 35.9 Å². The molecule has 2 saturated carbocycles. The van der Waals surface area contributed by atoms with E-state index in [1.807, 2.05) is 6.92 Å². The first-order valence-electron chi connectivity index (χ1n) is 13.9. The highest BCUT2D eigenvalue weighted by Gasteiger charge is 2.68. The van der Waals surface area contributed by atoms with Gasteiger partial charge in [0.05, 0.1) is 0 Å². The predicted molar refractivity (Wildman–Crippen MR) is 138 cm³/mol. The lowest BCUT2D eigenvalue weighted by molar-refractivity contribution is -0.347. The number of aliphatic hydroxyl groups is 1. The Kier molecular flexibility index (Phi) is 9.88. The molecule has 220 valence electrons. The van der Waals surface area contributed by atoms with E-state index in [0.29, 0.717) is 5.92 Å². The largest absolute Gasteiger partial charge is 0.462 e. The maximum atomic E-state index is 13.0. The van der Waals surface area contributed by atoms with Crippen LogP contribution in [0.25, 0.3) is 0 Å². The lowest BCUT2D eigenvalue weighted by Gasteiger charge is -2.39. The molecule has 0 amide bonds. The molecule has 0 bridgehead atoms. The molecule has 3 aliphatic carbocycles. The number of hydrogen-bond acceptors (Lipinski definition) is 3. The molecule has 39 heavy (non-hydrogen) atoms. The third kappa shape index (κ3) is 7.39. The molecule has 0 heterocycles. The zero-order valence-corrected chi connectivity index (χ0v) is 22.9. The predicted octanol–water partition coefficient (Wildman–Crippen LogP) is 8.70. The molecule has 4 atom stereocenters. The van der Waals surface area contributed by atoms with Gasteiger partial charge in [0, 0.05) is 13.3 Å². The molecule has 1 unspecified atom stereocenters. The van der Waals surface area contributed by atoms with Crippen LogP contribution >= 0.6 is 0 Å². The number of halogens is 6. The molecule has 0 radical (unpaired) electrons. The van der Waals surface area contributed by atoms with Crippen molar-refractivity contribution in [3.05, 3.63) is 47.1 Å². The van der Waals surface area contributed by atoms with Gasteiger partial charge in [-0.15, -0.1) is 0 Å². The van der Waals surface area contributed by atoms with Gasteiger partial charge >= 0.3 is 18.3 Å². The van der Waals surface area contributed by atoms with Crippen molar-refractivity contribution < 1.29 is 41.0 Å².